The Labute approximate surface area is 312 Å². The Morgan fingerprint density at radius 3 is 1.59 bits per heavy atom. The van der Waals surface area contributed by atoms with Crippen LogP contribution in [0.15, 0.2) is 168 Å². The van der Waals surface area contributed by atoms with Gasteiger partial charge in [-0.1, -0.05) is 166 Å². The Balaban J connectivity index is 1.15. The van der Waals surface area contributed by atoms with Crippen molar-refractivity contribution in [3.05, 3.63) is 175 Å². The van der Waals surface area contributed by atoms with Crippen LogP contribution >= 0.6 is 0 Å². The molecule has 10 aromatic rings. The van der Waals surface area contributed by atoms with Crippen LogP contribution in [0.5, 0.6) is 0 Å². The molecule has 8 aromatic carbocycles. The van der Waals surface area contributed by atoms with Gasteiger partial charge in [-0.05, 0) is 61.7 Å². The normalized spacial score (nSPS) is 13.1. The fourth-order valence-electron chi connectivity index (χ4n) is 8.99. The Hall–Kier alpha value is -6.91. The molecule has 2 aromatic heterocycles. The van der Waals surface area contributed by atoms with Gasteiger partial charge in [-0.15, -0.1) is 0 Å². The highest BCUT2D eigenvalue weighted by molar-refractivity contribution is 6.23. The van der Waals surface area contributed by atoms with Crippen molar-refractivity contribution in [2.24, 2.45) is 0 Å². The van der Waals surface area contributed by atoms with Gasteiger partial charge in [-0.3, -0.25) is 0 Å². The zero-order valence-corrected chi connectivity index (χ0v) is 29.8. The third-order valence-electron chi connectivity index (χ3n) is 11.3. The maximum absolute atomic E-state index is 6.67. The largest absolute Gasteiger partial charge is 0.455 e. The van der Waals surface area contributed by atoms with Crippen LogP contribution < -0.4 is 0 Å². The number of hydrogen-bond acceptors (Lipinski definition) is 4. The summed E-state index contributed by atoms with van der Waals surface area (Å²) in [5.74, 6) is 1.95. The number of benzene rings is 8. The smallest absolute Gasteiger partial charge is 0.164 e. The van der Waals surface area contributed by atoms with E-state index in [1.54, 1.807) is 0 Å². The summed E-state index contributed by atoms with van der Waals surface area (Å²) in [6.45, 7) is 4.77. The molecule has 0 saturated carbocycles. The average Bonchev–Trinajstić information content (AvgIpc) is 3.73. The molecule has 4 nitrogen and oxygen atoms in total. The molecule has 0 radical (unpaired) electrons. The van der Waals surface area contributed by atoms with Crippen LogP contribution in [0, 0.1) is 0 Å². The van der Waals surface area contributed by atoms with Crippen LogP contribution in [0.2, 0.25) is 0 Å². The molecule has 11 rings (SSSR count). The number of nitrogens with zero attached hydrogens (tertiary/aromatic N) is 3. The third-order valence-corrected chi connectivity index (χ3v) is 11.3. The predicted octanol–water partition coefficient (Wildman–Crippen LogP) is 13.1. The summed E-state index contributed by atoms with van der Waals surface area (Å²) < 4.78 is 6.67. The molecule has 0 N–H and O–H groups in total. The van der Waals surface area contributed by atoms with E-state index in [-0.39, 0.29) is 5.41 Å². The molecule has 0 aliphatic heterocycles. The summed E-state index contributed by atoms with van der Waals surface area (Å²) in [5.41, 5.74) is 12.1. The van der Waals surface area contributed by atoms with Gasteiger partial charge in [0.2, 0.25) is 0 Å². The number of rotatable bonds is 4. The van der Waals surface area contributed by atoms with E-state index in [0.29, 0.717) is 17.5 Å². The zero-order valence-electron chi connectivity index (χ0n) is 29.8. The van der Waals surface area contributed by atoms with E-state index in [1.807, 2.05) is 60.7 Å². The summed E-state index contributed by atoms with van der Waals surface area (Å²) in [6.07, 6.45) is 0. The van der Waals surface area contributed by atoms with E-state index in [0.717, 1.165) is 49.4 Å². The van der Waals surface area contributed by atoms with Gasteiger partial charge in [-0.2, -0.15) is 0 Å². The van der Waals surface area contributed by atoms with E-state index >= 15 is 0 Å². The average molecular weight is 692 g/mol. The zero-order chi connectivity index (χ0) is 36.0. The SMILES string of the molecule is CC1(C)c2c(-c3ccc(-c4nc(-c5ccccc5)nc(-c5ccccc5)n4)c4ccccc34)cccc2-c2c1c1c3ccccc3oc1c1ccccc21. The van der Waals surface area contributed by atoms with Gasteiger partial charge in [0, 0.05) is 38.3 Å². The molecule has 0 amide bonds. The second-order valence-corrected chi connectivity index (χ2v) is 14.7. The number of hydrogen-bond donors (Lipinski definition) is 0. The molecule has 1 aliphatic rings. The Morgan fingerprint density at radius 1 is 0.389 bits per heavy atom. The molecule has 0 bridgehead atoms. The minimum Gasteiger partial charge on any atom is -0.455 e. The summed E-state index contributed by atoms with van der Waals surface area (Å²) in [5, 5.41) is 6.99. The van der Waals surface area contributed by atoms with Crippen molar-refractivity contribution >= 4 is 43.5 Å². The molecule has 0 spiro atoms. The van der Waals surface area contributed by atoms with Gasteiger partial charge in [0.15, 0.2) is 17.5 Å². The predicted molar refractivity (Wildman–Crippen MR) is 221 cm³/mol. The van der Waals surface area contributed by atoms with E-state index in [2.05, 4.69) is 117 Å². The van der Waals surface area contributed by atoms with Crippen LogP contribution in [-0.2, 0) is 5.41 Å². The number of para-hydroxylation sites is 1. The fourth-order valence-corrected chi connectivity index (χ4v) is 8.99. The second kappa shape index (κ2) is 11.5. The van der Waals surface area contributed by atoms with E-state index in [4.69, 9.17) is 19.4 Å². The molecule has 0 unspecified atom stereocenters. The minimum atomic E-state index is -0.320. The van der Waals surface area contributed by atoms with Crippen LogP contribution in [0.1, 0.15) is 25.0 Å². The molecule has 54 heavy (non-hydrogen) atoms. The number of furan rings is 1. The van der Waals surface area contributed by atoms with Gasteiger partial charge in [0.1, 0.15) is 11.2 Å². The molecule has 0 fully saturated rings. The van der Waals surface area contributed by atoms with E-state index < -0.39 is 0 Å². The maximum atomic E-state index is 6.67. The van der Waals surface area contributed by atoms with E-state index in [9.17, 15) is 0 Å². The van der Waals surface area contributed by atoms with Crippen molar-refractivity contribution in [2.45, 2.75) is 19.3 Å². The van der Waals surface area contributed by atoms with Crippen molar-refractivity contribution in [3.63, 3.8) is 0 Å². The lowest BCUT2D eigenvalue weighted by atomic mass is 9.76. The topological polar surface area (TPSA) is 51.8 Å². The monoisotopic (exact) mass is 691 g/mol. The van der Waals surface area contributed by atoms with Gasteiger partial charge in [0.25, 0.3) is 0 Å². The lowest BCUT2D eigenvalue weighted by molar-refractivity contribution is 0.660. The van der Waals surface area contributed by atoms with Crippen LogP contribution in [-0.4, -0.2) is 15.0 Å². The van der Waals surface area contributed by atoms with Crippen molar-refractivity contribution in [1.29, 1.82) is 0 Å². The molecular weight excluding hydrogens is 659 g/mol. The fraction of sp³-hybridized carbons (Fsp3) is 0.0600. The highest BCUT2D eigenvalue weighted by Crippen LogP contribution is 2.58. The first-order chi connectivity index (χ1) is 26.6. The third kappa shape index (κ3) is 4.40. The maximum Gasteiger partial charge on any atom is 0.164 e. The Kier molecular flexibility index (Phi) is 6.56. The first kappa shape index (κ1) is 30.7. The van der Waals surface area contributed by atoms with Gasteiger partial charge in [-0.25, -0.2) is 15.0 Å². The van der Waals surface area contributed by atoms with Gasteiger partial charge >= 0.3 is 0 Å². The lowest BCUT2D eigenvalue weighted by Crippen LogP contribution is -2.17. The van der Waals surface area contributed by atoms with Crippen molar-refractivity contribution in [2.75, 3.05) is 0 Å². The quantitative estimate of drug-likeness (QED) is 0.184. The number of aromatic nitrogens is 3. The molecule has 0 saturated heterocycles. The molecule has 0 atom stereocenters. The molecule has 1 aliphatic carbocycles. The standard InChI is InChI=1S/C50H33N3O/c1-50(2)44-36(25-15-26-40(44)42-35-22-11-12-23-37(35)46-43(45(42)50)39-24-13-14-27-41(39)54-46)34-28-29-38(33-21-10-9-20-32(33)34)49-52-47(30-16-5-3-6-17-30)51-48(53-49)31-18-7-4-8-19-31/h3-29H,1-2H3. The minimum absolute atomic E-state index is 0.320. The first-order valence-corrected chi connectivity index (χ1v) is 18.5. The summed E-state index contributed by atoms with van der Waals surface area (Å²) in [6, 6.07) is 57.4. The highest BCUT2D eigenvalue weighted by Gasteiger charge is 2.41. The van der Waals surface area contributed by atoms with Gasteiger partial charge < -0.3 is 4.42 Å². The van der Waals surface area contributed by atoms with E-state index in [1.165, 1.54) is 44.2 Å². The van der Waals surface area contributed by atoms with Crippen molar-refractivity contribution in [1.82, 2.24) is 15.0 Å². The summed E-state index contributed by atoms with van der Waals surface area (Å²) in [7, 11) is 0. The molecule has 2 heterocycles. The van der Waals surface area contributed by atoms with Crippen molar-refractivity contribution < 1.29 is 4.42 Å². The first-order valence-electron chi connectivity index (χ1n) is 18.5. The lowest BCUT2D eigenvalue weighted by Gasteiger charge is -2.26. The number of fused-ring (bicyclic) bond motifs is 11. The summed E-state index contributed by atoms with van der Waals surface area (Å²) in [4.78, 5) is 15.2. The summed E-state index contributed by atoms with van der Waals surface area (Å²) >= 11 is 0. The van der Waals surface area contributed by atoms with Crippen LogP contribution in [0.3, 0.4) is 0 Å². The Bertz CT molecular complexity index is 3070. The highest BCUT2D eigenvalue weighted by atomic mass is 16.3. The molecule has 4 heteroatoms. The van der Waals surface area contributed by atoms with Crippen LogP contribution in [0.4, 0.5) is 0 Å². The molecular formula is C50H33N3O. The second-order valence-electron chi connectivity index (χ2n) is 14.7. The Morgan fingerprint density at radius 2 is 0.907 bits per heavy atom. The van der Waals surface area contributed by atoms with Crippen molar-refractivity contribution in [3.8, 4) is 56.4 Å². The van der Waals surface area contributed by atoms with Gasteiger partial charge in [0.05, 0.1) is 0 Å². The van der Waals surface area contributed by atoms with Crippen LogP contribution in [0.25, 0.3) is 99.9 Å². The molecule has 254 valence electrons.